The van der Waals surface area contributed by atoms with Crippen LogP contribution in [0.2, 0.25) is 0 Å². The highest BCUT2D eigenvalue weighted by Gasteiger charge is 2.15. The molecule has 0 unspecified atom stereocenters. The van der Waals surface area contributed by atoms with Crippen molar-refractivity contribution in [3.8, 4) is 5.75 Å². The van der Waals surface area contributed by atoms with Crippen molar-refractivity contribution >= 4 is 27.5 Å². The number of halogens is 1. The molecule has 0 aliphatic rings. The smallest absolute Gasteiger partial charge is 0.224 e. The lowest BCUT2D eigenvalue weighted by Gasteiger charge is -2.20. The molecule has 1 amide bonds. The standard InChI is InChI=1S/C21H26BrNO2/c1-15-7-5-8-17(13-15)25-12-6-9-20(24)23-19-11-10-16(14-18(19)22)21(2,3)4/h5,7-8,10-11,13-14H,6,9,12H2,1-4H3,(H,23,24). The predicted molar refractivity (Wildman–Crippen MR) is 107 cm³/mol. The molecular weight excluding hydrogens is 378 g/mol. The summed E-state index contributed by atoms with van der Waals surface area (Å²) in [5.41, 5.74) is 3.28. The molecule has 0 fully saturated rings. The van der Waals surface area contributed by atoms with Gasteiger partial charge < -0.3 is 10.1 Å². The molecule has 134 valence electrons. The van der Waals surface area contributed by atoms with Crippen molar-refractivity contribution in [2.45, 2.75) is 46.0 Å². The number of amides is 1. The molecule has 0 saturated heterocycles. The number of benzene rings is 2. The maximum absolute atomic E-state index is 12.1. The lowest BCUT2D eigenvalue weighted by atomic mass is 9.87. The molecule has 0 radical (unpaired) electrons. The number of rotatable bonds is 6. The third kappa shape index (κ3) is 6.20. The zero-order valence-electron chi connectivity index (χ0n) is 15.4. The van der Waals surface area contributed by atoms with E-state index in [0.29, 0.717) is 19.4 Å². The van der Waals surface area contributed by atoms with E-state index in [2.05, 4.69) is 54.2 Å². The van der Waals surface area contributed by atoms with Crippen molar-refractivity contribution in [1.29, 1.82) is 0 Å². The first-order chi connectivity index (χ1) is 11.8. The molecule has 2 rings (SSSR count). The van der Waals surface area contributed by atoms with E-state index in [0.717, 1.165) is 15.9 Å². The summed E-state index contributed by atoms with van der Waals surface area (Å²) in [6.45, 7) is 9.06. The monoisotopic (exact) mass is 403 g/mol. The highest BCUT2D eigenvalue weighted by atomic mass is 79.9. The van der Waals surface area contributed by atoms with Gasteiger partial charge in [0.1, 0.15) is 5.75 Å². The summed E-state index contributed by atoms with van der Waals surface area (Å²) < 4.78 is 6.58. The van der Waals surface area contributed by atoms with Crippen LogP contribution in [0.1, 0.15) is 44.7 Å². The summed E-state index contributed by atoms with van der Waals surface area (Å²) in [6, 6.07) is 14.0. The van der Waals surface area contributed by atoms with Crippen molar-refractivity contribution < 1.29 is 9.53 Å². The number of anilines is 1. The lowest BCUT2D eigenvalue weighted by Crippen LogP contribution is -2.14. The lowest BCUT2D eigenvalue weighted by molar-refractivity contribution is -0.116. The topological polar surface area (TPSA) is 38.3 Å². The van der Waals surface area contributed by atoms with Crippen LogP contribution in [0.4, 0.5) is 5.69 Å². The molecule has 2 aromatic carbocycles. The van der Waals surface area contributed by atoms with Crippen LogP contribution in [-0.4, -0.2) is 12.5 Å². The number of hydrogen-bond acceptors (Lipinski definition) is 2. The number of aryl methyl sites for hydroxylation is 1. The van der Waals surface area contributed by atoms with Gasteiger partial charge in [0.05, 0.1) is 12.3 Å². The van der Waals surface area contributed by atoms with Gasteiger partial charge >= 0.3 is 0 Å². The minimum absolute atomic E-state index is 0.00273. The van der Waals surface area contributed by atoms with Crippen molar-refractivity contribution in [3.63, 3.8) is 0 Å². The van der Waals surface area contributed by atoms with E-state index in [1.807, 2.05) is 37.3 Å². The van der Waals surface area contributed by atoms with E-state index in [1.165, 1.54) is 11.1 Å². The zero-order valence-corrected chi connectivity index (χ0v) is 16.9. The molecule has 25 heavy (non-hydrogen) atoms. The number of nitrogens with one attached hydrogen (secondary N) is 1. The fourth-order valence-electron chi connectivity index (χ4n) is 2.42. The maximum atomic E-state index is 12.1. The molecule has 0 aliphatic carbocycles. The molecule has 0 atom stereocenters. The number of carbonyl (C=O) groups is 1. The second-order valence-electron chi connectivity index (χ2n) is 7.26. The third-order valence-electron chi connectivity index (χ3n) is 3.92. The van der Waals surface area contributed by atoms with Gasteiger partial charge in [-0.3, -0.25) is 4.79 Å². The Labute approximate surface area is 158 Å². The molecule has 3 nitrogen and oxygen atoms in total. The van der Waals surface area contributed by atoms with Crippen molar-refractivity contribution in [3.05, 3.63) is 58.1 Å². The van der Waals surface area contributed by atoms with Gasteiger partial charge in [-0.2, -0.15) is 0 Å². The minimum atomic E-state index is -0.00273. The number of ether oxygens (including phenoxy) is 1. The van der Waals surface area contributed by atoms with Gasteiger partial charge in [0, 0.05) is 10.9 Å². The van der Waals surface area contributed by atoms with Crippen LogP contribution in [0.15, 0.2) is 46.9 Å². The summed E-state index contributed by atoms with van der Waals surface area (Å²) in [5, 5.41) is 2.96. The van der Waals surface area contributed by atoms with Gasteiger partial charge in [0.15, 0.2) is 0 Å². The van der Waals surface area contributed by atoms with E-state index in [9.17, 15) is 4.79 Å². The van der Waals surface area contributed by atoms with Crippen LogP contribution in [0.25, 0.3) is 0 Å². The van der Waals surface area contributed by atoms with Crippen LogP contribution in [-0.2, 0) is 10.2 Å². The molecule has 0 aromatic heterocycles. The van der Waals surface area contributed by atoms with E-state index in [-0.39, 0.29) is 11.3 Å². The van der Waals surface area contributed by atoms with E-state index < -0.39 is 0 Å². The van der Waals surface area contributed by atoms with Crippen LogP contribution in [0, 0.1) is 6.92 Å². The Morgan fingerprint density at radius 3 is 2.56 bits per heavy atom. The first-order valence-corrected chi connectivity index (χ1v) is 9.34. The van der Waals surface area contributed by atoms with Crippen LogP contribution < -0.4 is 10.1 Å². The molecule has 0 aliphatic heterocycles. The molecule has 2 aromatic rings. The Morgan fingerprint density at radius 2 is 1.92 bits per heavy atom. The van der Waals surface area contributed by atoms with Crippen molar-refractivity contribution in [1.82, 2.24) is 0 Å². The molecule has 0 heterocycles. The average molecular weight is 404 g/mol. The van der Waals surface area contributed by atoms with Crippen LogP contribution in [0.3, 0.4) is 0 Å². The summed E-state index contributed by atoms with van der Waals surface area (Å²) in [6.07, 6.45) is 1.11. The van der Waals surface area contributed by atoms with E-state index in [1.54, 1.807) is 0 Å². The normalized spacial score (nSPS) is 11.2. The van der Waals surface area contributed by atoms with Gasteiger partial charge in [0.25, 0.3) is 0 Å². The highest BCUT2D eigenvalue weighted by molar-refractivity contribution is 9.10. The van der Waals surface area contributed by atoms with Gasteiger partial charge in [0.2, 0.25) is 5.91 Å². The summed E-state index contributed by atoms with van der Waals surface area (Å²) in [5.74, 6) is 0.845. The Kier molecular flexibility index (Phi) is 6.65. The Morgan fingerprint density at radius 1 is 1.16 bits per heavy atom. The Bertz CT molecular complexity index is 735. The summed E-state index contributed by atoms with van der Waals surface area (Å²) in [4.78, 5) is 12.1. The predicted octanol–water partition coefficient (Wildman–Crippen LogP) is 5.85. The van der Waals surface area contributed by atoms with Gasteiger partial charge in [-0.25, -0.2) is 0 Å². The molecule has 4 heteroatoms. The van der Waals surface area contributed by atoms with Crippen molar-refractivity contribution in [2.24, 2.45) is 0 Å². The molecule has 0 bridgehead atoms. The summed E-state index contributed by atoms with van der Waals surface area (Å²) in [7, 11) is 0. The van der Waals surface area contributed by atoms with Crippen LogP contribution in [0.5, 0.6) is 5.75 Å². The highest BCUT2D eigenvalue weighted by Crippen LogP contribution is 2.30. The molecular formula is C21H26BrNO2. The third-order valence-corrected chi connectivity index (χ3v) is 4.57. The van der Waals surface area contributed by atoms with Crippen LogP contribution >= 0.6 is 15.9 Å². The van der Waals surface area contributed by atoms with Gasteiger partial charge in [-0.15, -0.1) is 0 Å². The zero-order chi connectivity index (χ0) is 18.4. The summed E-state index contributed by atoms with van der Waals surface area (Å²) >= 11 is 3.55. The largest absolute Gasteiger partial charge is 0.494 e. The van der Waals surface area contributed by atoms with Gasteiger partial charge in [-0.05, 0) is 70.1 Å². The van der Waals surface area contributed by atoms with E-state index >= 15 is 0 Å². The SMILES string of the molecule is Cc1cccc(OCCCC(=O)Nc2ccc(C(C)(C)C)cc2Br)c1. The minimum Gasteiger partial charge on any atom is -0.494 e. The maximum Gasteiger partial charge on any atom is 0.224 e. The Balaban J connectivity index is 1.80. The molecule has 0 saturated carbocycles. The molecule has 1 N–H and O–H groups in total. The second-order valence-corrected chi connectivity index (χ2v) is 8.12. The number of carbonyl (C=O) groups excluding carboxylic acids is 1. The molecule has 0 spiro atoms. The van der Waals surface area contributed by atoms with Gasteiger partial charge in [-0.1, -0.05) is 39.0 Å². The fraction of sp³-hybridized carbons (Fsp3) is 0.381. The Hall–Kier alpha value is -1.81. The number of hydrogen-bond donors (Lipinski definition) is 1. The van der Waals surface area contributed by atoms with Crippen molar-refractivity contribution in [2.75, 3.05) is 11.9 Å². The average Bonchev–Trinajstić information content (AvgIpc) is 2.52. The first kappa shape index (κ1) is 19.5. The first-order valence-electron chi connectivity index (χ1n) is 8.55. The quantitative estimate of drug-likeness (QED) is 0.613. The van der Waals surface area contributed by atoms with E-state index in [4.69, 9.17) is 4.74 Å². The fourth-order valence-corrected chi connectivity index (χ4v) is 2.90. The second kappa shape index (κ2) is 8.52.